The largest absolute Gasteiger partial charge is 0.323 e. The minimum absolute atomic E-state index is 0.298. The van der Waals surface area contributed by atoms with Gasteiger partial charge >= 0.3 is 6.03 Å². The van der Waals surface area contributed by atoms with Crippen LogP contribution in [0.25, 0.3) is 21.3 Å². The first kappa shape index (κ1) is 17.2. The SMILES string of the molecule is Cc1nc2c(C)cc(-c3ccc(NC(=O)Nc4cccnc4)cc3)cc2s1. The van der Waals surface area contributed by atoms with E-state index in [-0.39, 0.29) is 6.03 Å². The van der Waals surface area contributed by atoms with Crippen molar-refractivity contribution in [2.24, 2.45) is 0 Å². The zero-order chi connectivity index (χ0) is 18.8. The van der Waals surface area contributed by atoms with Crippen LogP contribution in [-0.2, 0) is 0 Å². The Morgan fingerprint density at radius 3 is 2.48 bits per heavy atom. The zero-order valence-corrected chi connectivity index (χ0v) is 15.8. The number of thiazole rings is 1. The molecule has 0 aliphatic heterocycles. The van der Waals surface area contributed by atoms with Crippen LogP contribution in [0.2, 0.25) is 0 Å². The lowest BCUT2D eigenvalue weighted by Gasteiger charge is -2.09. The van der Waals surface area contributed by atoms with E-state index >= 15 is 0 Å². The van der Waals surface area contributed by atoms with E-state index in [4.69, 9.17) is 0 Å². The van der Waals surface area contributed by atoms with Crippen molar-refractivity contribution in [3.8, 4) is 11.1 Å². The second-order valence-corrected chi connectivity index (χ2v) is 7.51. The fraction of sp³-hybridized carbons (Fsp3) is 0.0952. The lowest BCUT2D eigenvalue weighted by atomic mass is 10.0. The van der Waals surface area contributed by atoms with Crippen LogP contribution in [0.1, 0.15) is 10.6 Å². The molecule has 4 aromatic rings. The Kier molecular flexibility index (Phi) is 4.56. The van der Waals surface area contributed by atoms with Crippen LogP contribution in [0.3, 0.4) is 0 Å². The van der Waals surface area contributed by atoms with E-state index in [1.165, 1.54) is 10.3 Å². The lowest BCUT2D eigenvalue weighted by molar-refractivity contribution is 0.262. The van der Waals surface area contributed by atoms with Gasteiger partial charge in [0.25, 0.3) is 0 Å². The average Bonchev–Trinajstić information content (AvgIpc) is 3.04. The van der Waals surface area contributed by atoms with Gasteiger partial charge in [0.05, 0.1) is 27.1 Å². The summed E-state index contributed by atoms with van der Waals surface area (Å²) in [4.78, 5) is 20.6. The van der Waals surface area contributed by atoms with Crippen molar-refractivity contribution in [2.45, 2.75) is 13.8 Å². The second-order valence-electron chi connectivity index (χ2n) is 6.27. The molecule has 2 heterocycles. The molecule has 4 rings (SSSR count). The number of urea groups is 1. The molecule has 0 spiro atoms. The Morgan fingerprint density at radius 1 is 0.963 bits per heavy atom. The number of nitrogens with zero attached hydrogens (tertiary/aromatic N) is 2. The van der Waals surface area contributed by atoms with E-state index in [2.05, 4.69) is 39.7 Å². The van der Waals surface area contributed by atoms with E-state index in [0.717, 1.165) is 27.3 Å². The summed E-state index contributed by atoms with van der Waals surface area (Å²) >= 11 is 1.71. The third-order valence-electron chi connectivity index (χ3n) is 4.19. The predicted octanol–water partition coefficient (Wildman–Crippen LogP) is 5.62. The quantitative estimate of drug-likeness (QED) is 0.489. The summed E-state index contributed by atoms with van der Waals surface area (Å²) in [5, 5.41) is 6.65. The molecule has 0 aliphatic rings. The lowest BCUT2D eigenvalue weighted by Crippen LogP contribution is -2.19. The smallest absolute Gasteiger partial charge is 0.308 e. The molecule has 134 valence electrons. The molecule has 0 fully saturated rings. The van der Waals surface area contributed by atoms with Crippen LogP contribution in [0.4, 0.5) is 16.2 Å². The van der Waals surface area contributed by atoms with E-state index in [9.17, 15) is 4.79 Å². The zero-order valence-electron chi connectivity index (χ0n) is 15.0. The molecule has 0 saturated carbocycles. The van der Waals surface area contributed by atoms with E-state index < -0.39 is 0 Å². The molecule has 0 radical (unpaired) electrons. The van der Waals surface area contributed by atoms with Crippen LogP contribution >= 0.6 is 11.3 Å². The van der Waals surface area contributed by atoms with Gasteiger partial charge < -0.3 is 10.6 Å². The number of rotatable bonds is 3. The summed E-state index contributed by atoms with van der Waals surface area (Å²) in [6.07, 6.45) is 3.26. The van der Waals surface area contributed by atoms with Gasteiger partial charge in [0.1, 0.15) is 0 Å². The minimum atomic E-state index is -0.298. The Balaban J connectivity index is 1.51. The molecule has 27 heavy (non-hydrogen) atoms. The van der Waals surface area contributed by atoms with Gasteiger partial charge in [0.2, 0.25) is 0 Å². The number of pyridine rings is 1. The number of aryl methyl sites for hydroxylation is 2. The van der Waals surface area contributed by atoms with E-state index in [0.29, 0.717) is 5.69 Å². The van der Waals surface area contributed by atoms with Gasteiger partial charge in [-0.05, 0) is 66.9 Å². The third kappa shape index (κ3) is 3.80. The first-order chi connectivity index (χ1) is 13.1. The Bertz CT molecular complexity index is 1100. The number of benzene rings is 2. The van der Waals surface area contributed by atoms with Crippen molar-refractivity contribution in [3.05, 3.63) is 71.5 Å². The van der Waals surface area contributed by atoms with Crippen molar-refractivity contribution in [3.63, 3.8) is 0 Å². The molecule has 0 bridgehead atoms. The molecule has 2 aromatic carbocycles. The fourth-order valence-electron chi connectivity index (χ4n) is 2.95. The van der Waals surface area contributed by atoms with Crippen LogP contribution in [-0.4, -0.2) is 16.0 Å². The highest BCUT2D eigenvalue weighted by Gasteiger charge is 2.08. The van der Waals surface area contributed by atoms with E-state index in [1.54, 1.807) is 35.9 Å². The first-order valence-electron chi connectivity index (χ1n) is 8.55. The Morgan fingerprint density at radius 2 is 1.74 bits per heavy atom. The van der Waals surface area contributed by atoms with Gasteiger partial charge in [-0.3, -0.25) is 4.98 Å². The molecular weight excluding hydrogens is 356 g/mol. The molecule has 2 aromatic heterocycles. The minimum Gasteiger partial charge on any atom is -0.308 e. The maximum atomic E-state index is 12.1. The summed E-state index contributed by atoms with van der Waals surface area (Å²) in [7, 11) is 0. The summed E-state index contributed by atoms with van der Waals surface area (Å²) in [5.74, 6) is 0. The number of amides is 2. The van der Waals surface area contributed by atoms with Crippen molar-refractivity contribution < 1.29 is 4.79 Å². The van der Waals surface area contributed by atoms with Crippen LogP contribution in [0, 0.1) is 13.8 Å². The Labute approximate surface area is 161 Å². The molecule has 0 unspecified atom stereocenters. The van der Waals surface area contributed by atoms with Crippen LogP contribution in [0.5, 0.6) is 0 Å². The highest BCUT2D eigenvalue weighted by atomic mass is 32.1. The molecule has 2 N–H and O–H groups in total. The van der Waals surface area contributed by atoms with Crippen LogP contribution in [0.15, 0.2) is 60.9 Å². The van der Waals surface area contributed by atoms with Crippen molar-refractivity contribution in [1.29, 1.82) is 0 Å². The van der Waals surface area contributed by atoms with Gasteiger partial charge in [0, 0.05) is 11.9 Å². The summed E-state index contributed by atoms with van der Waals surface area (Å²) in [6, 6.07) is 15.4. The first-order valence-corrected chi connectivity index (χ1v) is 9.36. The summed E-state index contributed by atoms with van der Waals surface area (Å²) in [5.41, 5.74) is 5.87. The van der Waals surface area contributed by atoms with Gasteiger partial charge in [-0.2, -0.15) is 0 Å². The van der Waals surface area contributed by atoms with Gasteiger partial charge in [0.15, 0.2) is 0 Å². The number of anilines is 2. The predicted molar refractivity (Wildman–Crippen MR) is 111 cm³/mol. The molecule has 0 aliphatic carbocycles. The number of nitrogens with one attached hydrogen (secondary N) is 2. The van der Waals surface area contributed by atoms with Crippen LogP contribution < -0.4 is 10.6 Å². The molecular formula is C21H18N4OS. The van der Waals surface area contributed by atoms with Gasteiger partial charge in [-0.15, -0.1) is 11.3 Å². The molecule has 6 heteroatoms. The maximum absolute atomic E-state index is 12.1. The second kappa shape index (κ2) is 7.17. The molecule has 5 nitrogen and oxygen atoms in total. The number of fused-ring (bicyclic) bond motifs is 1. The van der Waals surface area contributed by atoms with Gasteiger partial charge in [-0.1, -0.05) is 12.1 Å². The standard InChI is InChI=1S/C21H18N4OS/c1-13-10-16(11-19-20(13)23-14(2)27-19)15-5-7-17(8-6-15)24-21(26)25-18-4-3-9-22-12-18/h3-12H,1-2H3,(H2,24,25,26). The summed E-state index contributed by atoms with van der Waals surface area (Å²) in [6.45, 7) is 4.12. The number of carbonyl (C=O) groups is 1. The van der Waals surface area contributed by atoms with Crippen molar-refractivity contribution in [2.75, 3.05) is 10.6 Å². The molecule has 0 atom stereocenters. The number of carbonyl (C=O) groups excluding carboxylic acids is 1. The highest BCUT2D eigenvalue weighted by molar-refractivity contribution is 7.18. The third-order valence-corrected chi connectivity index (χ3v) is 5.11. The average molecular weight is 374 g/mol. The Hall–Kier alpha value is -3.25. The van der Waals surface area contributed by atoms with Crippen molar-refractivity contribution >= 4 is 39.0 Å². The van der Waals surface area contributed by atoms with E-state index in [1.807, 2.05) is 31.2 Å². The topological polar surface area (TPSA) is 66.9 Å². The number of hydrogen-bond acceptors (Lipinski definition) is 4. The van der Waals surface area contributed by atoms with Crippen molar-refractivity contribution in [1.82, 2.24) is 9.97 Å². The molecule has 0 saturated heterocycles. The molecule has 2 amide bonds. The number of aromatic nitrogens is 2. The van der Waals surface area contributed by atoms with Gasteiger partial charge in [-0.25, -0.2) is 9.78 Å². The fourth-order valence-corrected chi connectivity index (χ4v) is 3.89. The number of hydrogen-bond donors (Lipinski definition) is 2. The maximum Gasteiger partial charge on any atom is 0.323 e. The normalized spacial score (nSPS) is 10.7. The highest BCUT2D eigenvalue weighted by Crippen LogP contribution is 2.31. The monoisotopic (exact) mass is 374 g/mol. The summed E-state index contributed by atoms with van der Waals surface area (Å²) < 4.78 is 1.19.